The van der Waals surface area contributed by atoms with Gasteiger partial charge in [-0.3, -0.25) is 0 Å². The lowest BCUT2D eigenvalue weighted by atomic mass is 9.75. The molecule has 0 spiro atoms. The van der Waals surface area contributed by atoms with Crippen molar-refractivity contribution in [3.8, 4) is 0 Å². The molecule has 0 saturated heterocycles. The van der Waals surface area contributed by atoms with Crippen LogP contribution in [0.4, 0.5) is 0 Å². The molecular formula is C15H31N. The molecule has 1 atom stereocenters. The summed E-state index contributed by atoms with van der Waals surface area (Å²) >= 11 is 0. The van der Waals surface area contributed by atoms with E-state index in [-0.39, 0.29) is 0 Å². The Morgan fingerprint density at radius 2 is 1.75 bits per heavy atom. The Bertz CT molecular complexity index is 203. The summed E-state index contributed by atoms with van der Waals surface area (Å²) in [4.78, 5) is 0. The maximum atomic E-state index is 4.25. The van der Waals surface area contributed by atoms with Crippen LogP contribution in [-0.2, 0) is 0 Å². The van der Waals surface area contributed by atoms with Crippen LogP contribution in [-0.4, -0.2) is 13.6 Å². The van der Waals surface area contributed by atoms with Gasteiger partial charge < -0.3 is 5.32 Å². The highest BCUT2D eigenvalue weighted by molar-refractivity contribution is 5.09. The molecule has 0 aromatic heterocycles. The summed E-state index contributed by atoms with van der Waals surface area (Å²) in [5.74, 6) is 1.41. The summed E-state index contributed by atoms with van der Waals surface area (Å²) in [6.45, 7) is 16.9. The Morgan fingerprint density at radius 1 is 1.19 bits per heavy atom. The van der Waals surface area contributed by atoms with E-state index in [2.05, 4.69) is 46.5 Å². The summed E-state index contributed by atoms with van der Waals surface area (Å²) in [7, 11) is 2.03. The topological polar surface area (TPSA) is 12.0 Å². The van der Waals surface area contributed by atoms with Gasteiger partial charge >= 0.3 is 0 Å². The second-order valence-electron chi connectivity index (χ2n) is 6.10. The van der Waals surface area contributed by atoms with E-state index in [0.29, 0.717) is 11.3 Å². The van der Waals surface area contributed by atoms with E-state index in [9.17, 15) is 0 Å². The first-order valence-corrected chi connectivity index (χ1v) is 6.65. The van der Waals surface area contributed by atoms with Crippen LogP contribution >= 0.6 is 0 Å². The van der Waals surface area contributed by atoms with Gasteiger partial charge in [0.2, 0.25) is 0 Å². The molecule has 0 bridgehead atoms. The van der Waals surface area contributed by atoms with Crippen molar-refractivity contribution in [2.45, 2.75) is 53.9 Å². The molecule has 0 fully saturated rings. The molecule has 96 valence electrons. The van der Waals surface area contributed by atoms with Crippen molar-refractivity contribution < 1.29 is 0 Å². The van der Waals surface area contributed by atoms with E-state index in [0.717, 1.165) is 12.5 Å². The normalized spacial score (nSPS) is 14.2. The van der Waals surface area contributed by atoms with Crippen molar-refractivity contribution in [2.75, 3.05) is 13.6 Å². The third kappa shape index (κ3) is 5.69. The van der Waals surface area contributed by atoms with Gasteiger partial charge in [0.15, 0.2) is 0 Å². The van der Waals surface area contributed by atoms with Crippen LogP contribution in [0.25, 0.3) is 0 Å². The van der Waals surface area contributed by atoms with E-state index < -0.39 is 0 Å². The van der Waals surface area contributed by atoms with Gasteiger partial charge in [0.25, 0.3) is 0 Å². The molecule has 0 rings (SSSR count). The van der Waals surface area contributed by atoms with Crippen LogP contribution < -0.4 is 5.32 Å². The Kier molecular flexibility index (Phi) is 6.98. The van der Waals surface area contributed by atoms with Crippen molar-refractivity contribution >= 4 is 0 Å². The fourth-order valence-corrected chi connectivity index (χ4v) is 2.08. The number of nitrogens with one attached hydrogen (secondary N) is 1. The minimum atomic E-state index is 0.294. The van der Waals surface area contributed by atoms with E-state index >= 15 is 0 Å². The molecular weight excluding hydrogens is 194 g/mol. The zero-order chi connectivity index (χ0) is 12.8. The molecule has 0 aromatic rings. The molecule has 1 nitrogen and oxygen atoms in total. The molecule has 16 heavy (non-hydrogen) atoms. The largest absolute Gasteiger partial charge is 0.320 e. The van der Waals surface area contributed by atoms with E-state index in [4.69, 9.17) is 0 Å². The summed E-state index contributed by atoms with van der Waals surface area (Å²) < 4.78 is 0. The minimum absolute atomic E-state index is 0.294. The van der Waals surface area contributed by atoms with Crippen molar-refractivity contribution in [1.82, 2.24) is 5.32 Å². The smallest absolute Gasteiger partial charge is 0.00494 e. The van der Waals surface area contributed by atoms with Crippen molar-refractivity contribution in [3.05, 3.63) is 12.2 Å². The first-order chi connectivity index (χ1) is 7.31. The molecule has 1 unspecified atom stereocenters. The molecule has 1 heteroatoms. The first-order valence-electron chi connectivity index (χ1n) is 6.65. The number of rotatable bonds is 8. The van der Waals surface area contributed by atoms with Crippen LogP contribution in [0.5, 0.6) is 0 Å². The average molecular weight is 225 g/mol. The fourth-order valence-electron chi connectivity index (χ4n) is 2.08. The fraction of sp³-hybridized carbons (Fsp3) is 0.867. The first kappa shape index (κ1) is 15.7. The van der Waals surface area contributed by atoms with Crippen molar-refractivity contribution in [2.24, 2.45) is 17.3 Å². The molecule has 0 radical (unpaired) electrons. The summed E-state index contributed by atoms with van der Waals surface area (Å²) in [5, 5.41) is 3.22. The lowest BCUT2D eigenvalue weighted by molar-refractivity contribution is 0.323. The second kappa shape index (κ2) is 7.11. The Morgan fingerprint density at radius 3 is 2.19 bits per heavy atom. The number of hydrogen-bond acceptors (Lipinski definition) is 1. The maximum absolute atomic E-state index is 4.25. The average Bonchev–Trinajstić information content (AvgIpc) is 2.22. The molecule has 0 heterocycles. The Balaban J connectivity index is 4.03. The van der Waals surface area contributed by atoms with Gasteiger partial charge in [0, 0.05) is 0 Å². The maximum Gasteiger partial charge on any atom is -0.00494 e. The molecule has 0 aliphatic heterocycles. The minimum Gasteiger partial charge on any atom is -0.320 e. The van der Waals surface area contributed by atoms with Gasteiger partial charge in [0.05, 0.1) is 0 Å². The van der Waals surface area contributed by atoms with Crippen LogP contribution in [0, 0.1) is 17.3 Å². The SMILES string of the molecule is C=C(C(C)C)C(C)(C)CCC(C)CCNC. The van der Waals surface area contributed by atoms with Crippen LogP contribution in [0.15, 0.2) is 12.2 Å². The Hall–Kier alpha value is -0.300. The highest BCUT2D eigenvalue weighted by atomic mass is 14.8. The quantitative estimate of drug-likeness (QED) is 0.609. The van der Waals surface area contributed by atoms with Crippen LogP contribution in [0.3, 0.4) is 0 Å². The zero-order valence-electron chi connectivity index (χ0n) is 12.2. The monoisotopic (exact) mass is 225 g/mol. The lowest BCUT2D eigenvalue weighted by Crippen LogP contribution is -2.20. The second-order valence-corrected chi connectivity index (χ2v) is 6.10. The van der Waals surface area contributed by atoms with E-state index in [1.807, 2.05) is 7.05 Å². The van der Waals surface area contributed by atoms with Gasteiger partial charge in [0.1, 0.15) is 0 Å². The predicted molar refractivity (Wildman–Crippen MR) is 74.7 cm³/mol. The molecule has 0 aliphatic rings. The van der Waals surface area contributed by atoms with Crippen molar-refractivity contribution in [1.29, 1.82) is 0 Å². The number of allylic oxidation sites excluding steroid dienone is 1. The summed E-state index contributed by atoms with van der Waals surface area (Å²) in [6, 6.07) is 0. The highest BCUT2D eigenvalue weighted by Gasteiger charge is 2.23. The number of hydrogen-bond donors (Lipinski definition) is 1. The molecule has 1 N–H and O–H groups in total. The van der Waals surface area contributed by atoms with Crippen molar-refractivity contribution in [3.63, 3.8) is 0 Å². The molecule has 0 saturated carbocycles. The van der Waals surface area contributed by atoms with Crippen LogP contribution in [0.2, 0.25) is 0 Å². The molecule has 0 aliphatic carbocycles. The third-order valence-corrected chi connectivity index (χ3v) is 3.72. The zero-order valence-corrected chi connectivity index (χ0v) is 12.2. The van der Waals surface area contributed by atoms with Gasteiger partial charge in [-0.1, -0.05) is 46.8 Å². The predicted octanol–water partition coefficient (Wildman–Crippen LogP) is 4.25. The summed E-state index contributed by atoms with van der Waals surface area (Å²) in [6.07, 6.45) is 3.84. The lowest BCUT2D eigenvalue weighted by Gasteiger charge is -2.31. The standard InChI is InChI=1S/C15H31N/c1-12(2)14(4)15(5,6)10-8-13(3)9-11-16-7/h12-13,16H,4,8-11H2,1-3,5-7H3. The van der Waals surface area contributed by atoms with Gasteiger partial charge in [-0.15, -0.1) is 0 Å². The highest BCUT2D eigenvalue weighted by Crippen LogP contribution is 2.36. The van der Waals surface area contributed by atoms with Gasteiger partial charge in [-0.05, 0) is 50.1 Å². The van der Waals surface area contributed by atoms with Gasteiger partial charge in [-0.2, -0.15) is 0 Å². The van der Waals surface area contributed by atoms with E-state index in [1.54, 1.807) is 0 Å². The molecule has 0 aromatic carbocycles. The Labute approximate surface area is 103 Å². The summed E-state index contributed by atoms with van der Waals surface area (Å²) in [5.41, 5.74) is 1.69. The van der Waals surface area contributed by atoms with E-state index in [1.165, 1.54) is 24.8 Å². The third-order valence-electron chi connectivity index (χ3n) is 3.72. The van der Waals surface area contributed by atoms with Crippen LogP contribution in [0.1, 0.15) is 53.9 Å². The molecule has 0 amide bonds. The van der Waals surface area contributed by atoms with Gasteiger partial charge in [-0.25, -0.2) is 0 Å².